The van der Waals surface area contributed by atoms with Crippen LogP contribution in [-0.4, -0.2) is 19.2 Å². The fourth-order valence-electron chi connectivity index (χ4n) is 1.88. The zero-order valence-corrected chi connectivity index (χ0v) is 13.2. The molecule has 1 N–H and O–H groups in total. The Morgan fingerprint density at radius 2 is 1.90 bits per heavy atom. The molecule has 0 aliphatic heterocycles. The highest BCUT2D eigenvalue weighted by Gasteiger charge is 2.12. The van der Waals surface area contributed by atoms with E-state index in [9.17, 15) is 8.42 Å². The summed E-state index contributed by atoms with van der Waals surface area (Å²) in [7, 11) is -3.26. The van der Waals surface area contributed by atoms with Gasteiger partial charge in [0.05, 0.1) is 16.5 Å². The van der Waals surface area contributed by atoms with Crippen LogP contribution in [-0.2, 0) is 23.0 Å². The predicted molar refractivity (Wildman–Crippen MR) is 82.4 cm³/mol. The third-order valence-electron chi connectivity index (χ3n) is 2.95. The molecule has 0 saturated heterocycles. The maximum Gasteiger partial charge on any atom is 0.212 e. The fraction of sp³-hybridized carbons (Fsp3) is 0.357. The molecular weight excluding hydrogens is 292 g/mol. The lowest BCUT2D eigenvalue weighted by Gasteiger charge is -2.06. The number of benzene rings is 1. The van der Waals surface area contributed by atoms with Gasteiger partial charge in [0.2, 0.25) is 10.0 Å². The molecule has 1 aromatic heterocycles. The van der Waals surface area contributed by atoms with Crippen LogP contribution >= 0.6 is 11.3 Å². The SMILES string of the molecule is Cc1nc(C)c(CNS(=O)(=O)CCc2ccccc2)s1. The molecule has 0 unspecified atom stereocenters. The van der Waals surface area contributed by atoms with E-state index in [-0.39, 0.29) is 5.75 Å². The molecule has 0 amide bonds. The smallest absolute Gasteiger partial charge is 0.212 e. The number of hydrogen-bond donors (Lipinski definition) is 1. The average Bonchev–Trinajstić information content (AvgIpc) is 2.74. The summed E-state index contributed by atoms with van der Waals surface area (Å²) in [4.78, 5) is 5.27. The fourth-order valence-corrected chi connectivity index (χ4v) is 3.86. The Kier molecular flexibility index (Phi) is 4.91. The van der Waals surface area contributed by atoms with Gasteiger partial charge in [0.25, 0.3) is 0 Å². The van der Waals surface area contributed by atoms with E-state index in [4.69, 9.17) is 0 Å². The molecule has 2 rings (SSSR count). The monoisotopic (exact) mass is 310 g/mol. The highest BCUT2D eigenvalue weighted by atomic mass is 32.2. The Morgan fingerprint density at radius 3 is 2.50 bits per heavy atom. The predicted octanol–water partition coefficient (Wildman–Crippen LogP) is 2.42. The van der Waals surface area contributed by atoms with Crippen LogP contribution < -0.4 is 4.72 Å². The van der Waals surface area contributed by atoms with E-state index >= 15 is 0 Å². The van der Waals surface area contributed by atoms with Crippen molar-refractivity contribution in [2.45, 2.75) is 26.8 Å². The molecule has 0 saturated carbocycles. The molecule has 1 aromatic carbocycles. The van der Waals surface area contributed by atoms with Gasteiger partial charge in [-0.1, -0.05) is 30.3 Å². The van der Waals surface area contributed by atoms with E-state index in [1.54, 1.807) is 0 Å². The summed E-state index contributed by atoms with van der Waals surface area (Å²) < 4.78 is 26.6. The van der Waals surface area contributed by atoms with Crippen molar-refractivity contribution in [2.24, 2.45) is 0 Å². The Hall–Kier alpha value is -1.24. The van der Waals surface area contributed by atoms with Crippen molar-refractivity contribution < 1.29 is 8.42 Å². The minimum absolute atomic E-state index is 0.105. The molecule has 0 aliphatic carbocycles. The van der Waals surface area contributed by atoms with Gasteiger partial charge in [-0.05, 0) is 25.8 Å². The Labute approximate surface area is 123 Å². The summed E-state index contributed by atoms with van der Waals surface area (Å²) in [6.45, 7) is 4.15. The molecule has 6 heteroatoms. The molecule has 4 nitrogen and oxygen atoms in total. The first kappa shape index (κ1) is 15.2. The van der Waals surface area contributed by atoms with Crippen molar-refractivity contribution in [2.75, 3.05) is 5.75 Å². The molecular formula is C14H18N2O2S2. The second-order valence-corrected chi connectivity index (χ2v) is 7.83. The van der Waals surface area contributed by atoms with Gasteiger partial charge in [-0.2, -0.15) is 0 Å². The first-order valence-electron chi connectivity index (χ1n) is 6.40. The second-order valence-electron chi connectivity index (χ2n) is 4.62. The molecule has 0 aliphatic rings. The molecule has 1 heterocycles. The quantitative estimate of drug-likeness (QED) is 0.891. The number of nitrogens with zero attached hydrogens (tertiary/aromatic N) is 1. The van der Waals surface area contributed by atoms with Crippen LogP contribution in [0.3, 0.4) is 0 Å². The largest absolute Gasteiger partial charge is 0.247 e. The van der Waals surface area contributed by atoms with Gasteiger partial charge in [0, 0.05) is 11.4 Å². The van der Waals surface area contributed by atoms with Crippen LogP contribution in [0.15, 0.2) is 30.3 Å². The Morgan fingerprint density at radius 1 is 1.20 bits per heavy atom. The summed E-state index contributed by atoms with van der Waals surface area (Å²) in [5.41, 5.74) is 1.93. The maximum atomic E-state index is 12.0. The van der Waals surface area contributed by atoms with Crippen LogP contribution in [0.25, 0.3) is 0 Å². The Balaban J connectivity index is 1.90. The van der Waals surface area contributed by atoms with Crippen LogP contribution in [0.2, 0.25) is 0 Å². The van der Waals surface area contributed by atoms with Gasteiger partial charge >= 0.3 is 0 Å². The van der Waals surface area contributed by atoms with Gasteiger partial charge in [-0.3, -0.25) is 0 Å². The van der Waals surface area contributed by atoms with Gasteiger partial charge < -0.3 is 0 Å². The number of aromatic nitrogens is 1. The second kappa shape index (κ2) is 6.47. The van der Waals surface area contributed by atoms with Crippen molar-refractivity contribution in [3.05, 3.63) is 51.5 Å². The summed E-state index contributed by atoms with van der Waals surface area (Å²) >= 11 is 1.53. The van der Waals surface area contributed by atoms with Gasteiger partial charge in [0.15, 0.2) is 0 Å². The van der Waals surface area contributed by atoms with E-state index < -0.39 is 10.0 Å². The molecule has 0 bridgehead atoms. The maximum absolute atomic E-state index is 12.0. The number of hydrogen-bond acceptors (Lipinski definition) is 4. The van der Waals surface area contributed by atoms with Gasteiger partial charge in [-0.15, -0.1) is 11.3 Å². The standard InChI is InChI=1S/C14H18N2O2S2/c1-11-14(19-12(2)16-11)10-15-20(17,18)9-8-13-6-4-3-5-7-13/h3-7,15H,8-10H2,1-2H3. The summed E-state index contributed by atoms with van der Waals surface area (Å²) in [6, 6.07) is 9.63. The molecule has 20 heavy (non-hydrogen) atoms. The van der Waals surface area contributed by atoms with E-state index in [1.165, 1.54) is 11.3 Å². The van der Waals surface area contributed by atoms with Crippen molar-refractivity contribution in [1.82, 2.24) is 9.71 Å². The summed E-state index contributed by atoms with van der Waals surface area (Å²) in [5, 5.41) is 0.959. The van der Waals surface area contributed by atoms with Crippen LogP contribution in [0.1, 0.15) is 21.1 Å². The molecule has 0 radical (unpaired) electrons. The number of thiazole rings is 1. The number of rotatable bonds is 6. The highest BCUT2D eigenvalue weighted by molar-refractivity contribution is 7.89. The van der Waals surface area contributed by atoms with Crippen LogP contribution in [0.5, 0.6) is 0 Å². The number of sulfonamides is 1. The third kappa shape index (κ3) is 4.40. The van der Waals surface area contributed by atoms with Gasteiger partial charge in [0.1, 0.15) is 0 Å². The topological polar surface area (TPSA) is 59.1 Å². The first-order valence-corrected chi connectivity index (χ1v) is 8.87. The summed E-state index contributed by atoms with van der Waals surface area (Å²) in [6.07, 6.45) is 0.525. The number of nitrogens with one attached hydrogen (secondary N) is 1. The first-order chi connectivity index (χ1) is 9.46. The third-order valence-corrected chi connectivity index (χ3v) is 5.35. The van der Waals surface area contributed by atoms with Crippen LogP contribution in [0.4, 0.5) is 0 Å². The van der Waals surface area contributed by atoms with Crippen LogP contribution in [0, 0.1) is 13.8 Å². The van der Waals surface area contributed by atoms with Crippen molar-refractivity contribution in [3.63, 3.8) is 0 Å². The van der Waals surface area contributed by atoms with Crippen molar-refractivity contribution in [3.8, 4) is 0 Å². The number of aryl methyl sites for hydroxylation is 3. The molecule has 0 fully saturated rings. The summed E-state index contributed by atoms with van der Waals surface area (Å²) in [5.74, 6) is 0.105. The highest BCUT2D eigenvalue weighted by Crippen LogP contribution is 2.16. The minimum atomic E-state index is -3.26. The van der Waals surface area contributed by atoms with Gasteiger partial charge in [-0.25, -0.2) is 18.1 Å². The lowest BCUT2D eigenvalue weighted by molar-refractivity contribution is 0.581. The Bertz CT molecular complexity index is 664. The minimum Gasteiger partial charge on any atom is -0.247 e. The molecule has 108 valence electrons. The van der Waals surface area contributed by atoms with Crippen molar-refractivity contribution in [1.29, 1.82) is 0 Å². The van der Waals surface area contributed by atoms with E-state index in [2.05, 4.69) is 9.71 Å². The molecule has 2 aromatic rings. The lowest BCUT2D eigenvalue weighted by Crippen LogP contribution is -2.26. The normalized spacial score (nSPS) is 11.7. The van der Waals surface area contributed by atoms with E-state index in [0.29, 0.717) is 13.0 Å². The zero-order chi connectivity index (χ0) is 14.6. The molecule has 0 spiro atoms. The van der Waals surface area contributed by atoms with E-state index in [1.807, 2.05) is 44.2 Å². The average molecular weight is 310 g/mol. The lowest BCUT2D eigenvalue weighted by atomic mass is 10.2. The van der Waals surface area contributed by atoms with E-state index in [0.717, 1.165) is 21.1 Å². The molecule has 0 atom stereocenters. The van der Waals surface area contributed by atoms with Crippen molar-refractivity contribution >= 4 is 21.4 Å². The zero-order valence-electron chi connectivity index (χ0n) is 11.6.